The number of fused-ring (bicyclic) bond motifs is 1. The lowest BCUT2D eigenvalue weighted by atomic mass is 9.90. The number of carboxylic acid groups (broad SMARTS) is 1. The Morgan fingerprint density at radius 3 is 2.21 bits per heavy atom. The van der Waals surface area contributed by atoms with Crippen LogP contribution in [0.25, 0.3) is 6.08 Å². The summed E-state index contributed by atoms with van der Waals surface area (Å²) in [4.78, 5) is 10.8. The zero-order valence-corrected chi connectivity index (χ0v) is 16.2. The van der Waals surface area contributed by atoms with Crippen molar-refractivity contribution in [2.45, 2.75) is 12.0 Å². The van der Waals surface area contributed by atoms with E-state index in [2.05, 4.69) is 0 Å². The molecule has 0 bridgehead atoms. The summed E-state index contributed by atoms with van der Waals surface area (Å²) in [5.41, 5.74) is 1.93. The van der Waals surface area contributed by atoms with Crippen molar-refractivity contribution in [2.75, 3.05) is 27.9 Å². The summed E-state index contributed by atoms with van der Waals surface area (Å²) in [6, 6.07) is 6.66. The smallest absolute Gasteiger partial charge is 0.328 e. The average Bonchev–Trinajstić information content (AvgIpc) is 3.10. The first-order valence-electron chi connectivity index (χ1n) is 8.78. The first kappa shape index (κ1) is 20.3. The van der Waals surface area contributed by atoms with Gasteiger partial charge >= 0.3 is 5.97 Å². The van der Waals surface area contributed by atoms with Crippen LogP contribution in [0.5, 0.6) is 28.7 Å². The van der Waals surface area contributed by atoms with Crippen molar-refractivity contribution in [1.29, 1.82) is 0 Å². The van der Waals surface area contributed by atoms with Crippen LogP contribution in [0, 0.1) is 0 Å². The summed E-state index contributed by atoms with van der Waals surface area (Å²) in [6.07, 6.45) is 1.88. The maximum absolute atomic E-state index is 10.8. The minimum atomic E-state index is -1.07. The normalized spacial score (nSPS) is 17.7. The van der Waals surface area contributed by atoms with Crippen LogP contribution < -0.4 is 18.9 Å². The van der Waals surface area contributed by atoms with E-state index in [1.54, 1.807) is 24.3 Å². The highest BCUT2D eigenvalue weighted by Crippen LogP contribution is 2.52. The number of aliphatic carboxylic acids is 1. The van der Waals surface area contributed by atoms with Gasteiger partial charge in [-0.05, 0) is 35.9 Å². The van der Waals surface area contributed by atoms with E-state index in [9.17, 15) is 15.0 Å². The predicted octanol–water partition coefficient (Wildman–Crippen LogP) is 2.73. The molecule has 0 aliphatic carbocycles. The molecule has 0 radical (unpaired) electrons. The summed E-state index contributed by atoms with van der Waals surface area (Å²) in [5.74, 6) is -0.327. The molecule has 0 amide bonds. The monoisotopic (exact) mass is 402 g/mol. The summed E-state index contributed by atoms with van der Waals surface area (Å²) < 4.78 is 22.0. The Labute approximate surface area is 167 Å². The molecule has 0 fully saturated rings. The van der Waals surface area contributed by atoms with E-state index in [1.807, 2.05) is 0 Å². The first-order chi connectivity index (χ1) is 13.9. The fraction of sp³-hybridized carbons (Fsp3) is 0.286. The third-order valence-electron chi connectivity index (χ3n) is 4.78. The number of phenols is 1. The van der Waals surface area contributed by atoms with Crippen molar-refractivity contribution >= 4 is 12.0 Å². The minimum Gasteiger partial charge on any atom is -0.502 e. The molecule has 1 aliphatic rings. The first-order valence-corrected chi connectivity index (χ1v) is 8.78. The SMILES string of the molecule is COc1cc([C@H]2Oc3c(OC)cc(C=CC(=O)O)cc3[C@@H]2CO)cc(OC)c1O. The Bertz CT molecular complexity index is 925. The number of carbonyl (C=O) groups is 1. The summed E-state index contributed by atoms with van der Waals surface area (Å²) in [5, 5.41) is 29.1. The highest BCUT2D eigenvalue weighted by molar-refractivity contribution is 5.85. The summed E-state index contributed by atoms with van der Waals surface area (Å²) in [7, 11) is 4.34. The van der Waals surface area contributed by atoms with Gasteiger partial charge in [-0.15, -0.1) is 0 Å². The van der Waals surface area contributed by atoms with Crippen LogP contribution in [0.15, 0.2) is 30.3 Å². The van der Waals surface area contributed by atoms with E-state index in [1.165, 1.54) is 27.4 Å². The van der Waals surface area contributed by atoms with Crippen molar-refractivity contribution in [3.63, 3.8) is 0 Å². The second kappa shape index (κ2) is 8.32. The number of hydrogen-bond donors (Lipinski definition) is 3. The van der Waals surface area contributed by atoms with Crippen LogP contribution in [-0.4, -0.2) is 49.2 Å². The molecule has 154 valence electrons. The number of ether oxygens (including phenoxy) is 4. The van der Waals surface area contributed by atoms with Crippen LogP contribution in [0.2, 0.25) is 0 Å². The molecular weight excluding hydrogens is 380 g/mol. The molecule has 0 saturated carbocycles. The highest BCUT2D eigenvalue weighted by Gasteiger charge is 2.38. The van der Waals surface area contributed by atoms with E-state index >= 15 is 0 Å². The molecule has 8 heteroatoms. The van der Waals surface area contributed by atoms with Gasteiger partial charge in [-0.25, -0.2) is 4.79 Å². The number of aliphatic hydroxyl groups is 1. The number of carboxylic acids is 1. The van der Waals surface area contributed by atoms with Crippen molar-refractivity contribution in [3.8, 4) is 28.7 Å². The van der Waals surface area contributed by atoms with E-state index < -0.39 is 18.0 Å². The van der Waals surface area contributed by atoms with E-state index in [4.69, 9.17) is 24.1 Å². The second-order valence-electron chi connectivity index (χ2n) is 6.41. The van der Waals surface area contributed by atoms with Gasteiger partial charge in [0.25, 0.3) is 0 Å². The fourth-order valence-corrected chi connectivity index (χ4v) is 3.41. The van der Waals surface area contributed by atoms with Crippen LogP contribution in [0.4, 0.5) is 0 Å². The maximum atomic E-state index is 10.8. The van der Waals surface area contributed by atoms with Crippen LogP contribution >= 0.6 is 0 Å². The van der Waals surface area contributed by atoms with Gasteiger partial charge in [0, 0.05) is 17.2 Å². The Morgan fingerprint density at radius 1 is 1.07 bits per heavy atom. The third-order valence-corrected chi connectivity index (χ3v) is 4.78. The van der Waals surface area contributed by atoms with Crippen molar-refractivity contribution in [2.24, 2.45) is 0 Å². The molecule has 3 N–H and O–H groups in total. The Balaban J connectivity index is 2.09. The van der Waals surface area contributed by atoms with Crippen LogP contribution in [0.1, 0.15) is 28.7 Å². The summed E-state index contributed by atoms with van der Waals surface area (Å²) in [6.45, 7) is -0.224. The zero-order chi connectivity index (χ0) is 21.1. The number of hydrogen-bond acceptors (Lipinski definition) is 7. The Morgan fingerprint density at radius 2 is 1.69 bits per heavy atom. The number of benzene rings is 2. The van der Waals surface area contributed by atoms with Crippen LogP contribution in [-0.2, 0) is 4.79 Å². The lowest BCUT2D eigenvalue weighted by molar-refractivity contribution is -0.131. The topological polar surface area (TPSA) is 115 Å². The largest absolute Gasteiger partial charge is 0.502 e. The number of methoxy groups -OCH3 is 3. The van der Waals surface area contributed by atoms with Gasteiger partial charge < -0.3 is 34.3 Å². The standard InChI is InChI=1S/C21H22O8/c1-26-15-8-12(9-16(27-2)19(15)25)20-14(10-22)13-6-11(4-5-18(23)24)7-17(28-3)21(13)29-20/h4-9,14,20,22,25H,10H2,1-3H3,(H,23,24)/t14-,20+/m0/s1. The molecule has 2 aromatic carbocycles. The van der Waals surface area contributed by atoms with Gasteiger partial charge in [0.1, 0.15) is 6.10 Å². The highest BCUT2D eigenvalue weighted by atomic mass is 16.5. The number of phenolic OH excluding ortho intramolecular Hbond substituents is 1. The molecule has 2 aromatic rings. The van der Waals surface area contributed by atoms with Crippen molar-refractivity contribution in [3.05, 3.63) is 47.0 Å². The predicted molar refractivity (Wildman–Crippen MR) is 104 cm³/mol. The lowest BCUT2D eigenvalue weighted by Crippen LogP contribution is -2.13. The molecule has 0 unspecified atom stereocenters. The molecule has 1 heterocycles. The van der Waals surface area contributed by atoms with Gasteiger partial charge in [-0.1, -0.05) is 0 Å². The van der Waals surface area contributed by atoms with Gasteiger partial charge in [0.05, 0.1) is 33.9 Å². The number of aromatic hydroxyl groups is 1. The van der Waals surface area contributed by atoms with Gasteiger partial charge in [-0.2, -0.15) is 0 Å². The minimum absolute atomic E-state index is 0.131. The molecule has 2 atom stereocenters. The average molecular weight is 402 g/mol. The molecule has 1 aliphatic heterocycles. The molecule has 8 nitrogen and oxygen atoms in total. The Kier molecular flexibility index (Phi) is 5.84. The Hall–Kier alpha value is -3.39. The number of aliphatic hydroxyl groups excluding tert-OH is 1. The molecule has 0 spiro atoms. The molecule has 3 rings (SSSR count). The lowest BCUT2D eigenvalue weighted by Gasteiger charge is -2.20. The molecule has 29 heavy (non-hydrogen) atoms. The third kappa shape index (κ3) is 3.79. The van der Waals surface area contributed by atoms with Gasteiger partial charge in [-0.3, -0.25) is 0 Å². The second-order valence-corrected chi connectivity index (χ2v) is 6.41. The number of rotatable bonds is 7. The zero-order valence-electron chi connectivity index (χ0n) is 16.2. The maximum Gasteiger partial charge on any atom is 0.328 e. The molecular formula is C21H22O8. The summed E-state index contributed by atoms with van der Waals surface area (Å²) >= 11 is 0. The van der Waals surface area contributed by atoms with E-state index in [0.29, 0.717) is 28.2 Å². The molecule has 0 aromatic heterocycles. The quantitative estimate of drug-likeness (QED) is 0.606. The van der Waals surface area contributed by atoms with E-state index in [-0.39, 0.29) is 23.9 Å². The van der Waals surface area contributed by atoms with Crippen LogP contribution in [0.3, 0.4) is 0 Å². The van der Waals surface area contributed by atoms with Crippen molar-refractivity contribution in [1.82, 2.24) is 0 Å². The fourth-order valence-electron chi connectivity index (χ4n) is 3.41. The molecule has 0 saturated heterocycles. The van der Waals surface area contributed by atoms with E-state index in [0.717, 1.165) is 6.08 Å². The van der Waals surface area contributed by atoms with Gasteiger partial charge in [0.15, 0.2) is 23.0 Å². The van der Waals surface area contributed by atoms with Gasteiger partial charge in [0.2, 0.25) is 5.75 Å². The van der Waals surface area contributed by atoms with Crippen molar-refractivity contribution < 1.29 is 39.1 Å².